The molecule has 0 bridgehead atoms. The van der Waals surface area contributed by atoms with E-state index in [-0.39, 0.29) is 0 Å². The fourth-order valence-electron chi connectivity index (χ4n) is 1.25. The molecule has 92 valence electrons. The molecular formula is C12H8Cl2N2O2. The molecule has 18 heavy (non-hydrogen) atoms. The van der Waals surface area contributed by atoms with Crippen LogP contribution in [0.1, 0.15) is 10.4 Å². The van der Waals surface area contributed by atoms with Crippen LogP contribution in [0, 0.1) is 0 Å². The number of nitrogens with zero attached hydrogens (tertiary/aromatic N) is 1. The fraction of sp³-hybridized carbons (Fsp3) is 0. The van der Waals surface area contributed by atoms with Gasteiger partial charge < -0.3 is 10.5 Å². The number of primary amides is 1. The minimum absolute atomic E-state index is 0.316. The molecule has 0 unspecified atom stereocenters. The van der Waals surface area contributed by atoms with Gasteiger partial charge in [0, 0.05) is 18.3 Å². The highest BCUT2D eigenvalue weighted by Crippen LogP contribution is 2.28. The van der Waals surface area contributed by atoms with Crippen LogP contribution in [0.15, 0.2) is 36.5 Å². The SMILES string of the molecule is NC(=O)c1ccc(Oc2ccc(Cl)c(Cl)c2)nc1. The van der Waals surface area contributed by atoms with Gasteiger partial charge in [-0.2, -0.15) is 0 Å². The van der Waals surface area contributed by atoms with E-state index in [0.717, 1.165) is 0 Å². The maximum absolute atomic E-state index is 10.9. The van der Waals surface area contributed by atoms with Crippen LogP contribution in [-0.4, -0.2) is 10.9 Å². The molecule has 4 nitrogen and oxygen atoms in total. The predicted molar refractivity (Wildman–Crippen MR) is 69.3 cm³/mol. The molecule has 2 N–H and O–H groups in total. The third kappa shape index (κ3) is 2.91. The van der Waals surface area contributed by atoms with Gasteiger partial charge >= 0.3 is 0 Å². The highest BCUT2D eigenvalue weighted by molar-refractivity contribution is 6.42. The number of hydrogen-bond acceptors (Lipinski definition) is 3. The molecule has 1 aromatic heterocycles. The van der Waals surface area contributed by atoms with E-state index < -0.39 is 5.91 Å². The van der Waals surface area contributed by atoms with Crippen LogP contribution in [0.4, 0.5) is 0 Å². The van der Waals surface area contributed by atoms with Gasteiger partial charge in [-0.25, -0.2) is 4.98 Å². The van der Waals surface area contributed by atoms with Crippen molar-refractivity contribution in [2.45, 2.75) is 0 Å². The minimum Gasteiger partial charge on any atom is -0.439 e. The number of pyridine rings is 1. The summed E-state index contributed by atoms with van der Waals surface area (Å²) in [4.78, 5) is 14.8. The Bertz CT molecular complexity index is 585. The number of aromatic nitrogens is 1. The number of halogens is 2. The van der Waals surface area contributed by atoms with Crippen molar-refractivity contribution < 1.29 is 9.53 Å². The largest absolute Gasteiger partial charge is 0.439 e. The molecule has 1 amide bonds. The molecule has 6 heteroatoms. The molecule has 0 aliphatic carbocycles. The lowest BCUT2D eigenvalue weighted by Gasteiger charge is -2.05. The predicted octanol–water partition coefficient (Wildman–Crippen LogP) is 3.28. The number of carbonyl (C=O) groups is 1. The zero-order valence-electron chi connectivity index (χ0n) is 9.06. The molecule has 0 fully saturated rings. The van der Waals surface area contributed by atoms with Gasteiger partial charge in [0.1, 0.15) is 5.75 Å². The smallest absolute Gasteiger partial charge is 0.250 e. The zero-order chi connectivity index (χ0) is 13.1. The first-order valence-electron chi connectivity index (χ1n) is 4.95. The van der Waals surface area contributed by atoms with E-state index in [9.17, 15) is 4.79 Å². The second-order valence-corrected chi connectivity index (χ2v) is 4.24. The monoisotopic (exact) mass is 282 g/mol. The lowest BCUT2D eigenvalue weighted by molar-refractivity contribution is 0.1000. The molecular weight excluding hydrogens is 275 g/mol. The van der Waals surface area contributed by atoms with Crippen molar-refractivity contribution in [3.63, 3.8) is 0 Å². The average molecular weight is 283 g/mol. The second kappa shape index (κ2) is 5.25. The number of carbonyl (C=O) groups excluding carboxylic acids is 1. The summed E-state index contributed by atoms with van der Waals surface area (Å²) in [6, 6.07) is 7.94. The van der Waals surface area contributed by atoms with E-state index >= 15 is 0 Å². The average Bonchev–Trinajstić information content (AvgIpc) is 2.34. The van der Waals surface area contributed by atoms with Gasteiger partial charge in [0.2, 0.25) is 11.8 Å². The third-order valence-electron chi connectivity index (χ3n) is 2.13. The van der Waals surface area contributed by atoms with Gasteiger partial charge in [-0.3, -0.25) is 4.79 Å². The number of nitrogens with two attached hydrogens (primary N) is 1. The maximum Gasteiger partial charge on any atom is 0.250 e. The van der Waals surface area contributed by atoms with Crippen molar-refractivity contribution in [2.75, 3.05) is 0 Å². The summed E-state index contributed by atoms with van der Waals surface area (Å²) >= 11 is 11.6. The first-order chi connectivity index (χ1) is 8.56. The Hall–Kier alpha value is -1.78. The lowest BCUT2D eigenvalue weighted by atomic mass is 10.3. The zero-order valence-corrected chi connectivity index (χ0v) is 10.6. The van der Waals surface area contributed by atoms with Crippen LogP contribution >= 0.6 is 23.2 Å². The molecule has 2 rings (SSSR count). The van der Waals surface area contributed by atoms with Gasteiger partial charge in [-0.05, 0) is 18.2 Å². The van der Waals surface area contributed by atoms with E-state index in [1.54, 1.807) is 24.3 Å². The van der Waals surface area contributed by atoms with Gasteiger partial charge in [-0.15, -0.1) is 0 Å². The summed E-state index contributed by atoms with van der Waals surface area (Å²) in [7, 11) is 0. The Labute approximate surface area is 113 Å². The van der Waals surface area contributed by atoms with Crippen molar-refractivity contribution in [2.24, 2.45) is 5.73 Å². The van der Waals surface area contributed by atoms with Crippen molar-refractivity contribution in [1.82, 2.24) is 4.98 Å². The molecule has 0 saturated carbocycles. The Morgan fingerprint density at radius 1 is 1.17 bits per heavy atom. The highest BCUT2D eigenvalue weighted by Gasteiger charge is 2.04. The van der Waals surface area contributed by atoms with E-state index in [2.05, 4.69) is 4.98 Å². The van der Waals surface area contributed by atoms with Gasteiger partial charge in [0.15, 0.2) is 0 Å². The standard InChI is InChI=1S/C12H8Cl2N2O2/c13-9-3-2-8(5-10(9)14)18-11-4-1-7(6-16-11)12(15)17/h1-6H,(H2,15,17). The van der Waals surface area contributed by atoms with E-state index in [4.69, 9.17) is 33.7 Å². The Morgan fingerprint density at radius 2 is 1.94 bits per heavy atom. The molecule has 0 atom stereocenters. The van der Waals surface area contributed by atoms with Crippen molar-refractivity contribution in [3.8, 4) is 11.6 Å². The molecule has 0 aliphatic rings. The number of benzene rings is 1. The van der Waals surface area contributed by atoms with Crippen molar-refractivity contribution in [3.05, 3.63) is 52.1 Å². The molecule has 2 aromatic rings. The fourth-order valence-corrected chi connectivity index (χ4v) is 1.54. The van der Waals surface area contributed by atoms with Gasteiger partial charge in [-0.1, -0.05) is 23.2 Å². The first kappa shape index (κ1) is 12.7. The minimum atomic E-state index is -0.538. The van der Waals surface area contributed by atoms with Crippen LogP contribution in [0.5, 0.6) is 11.6 Å². The lowest BCUT2D eigenvalue weighted by Crippen LogP contribution is -2.10. The van der Waals surface area contributed by atoms with Gasteiger partial charge in [0.05, 0.1) is 15.6 Å². The number of amides is 1. The van der Waals surface area contributed by atoms with Crippen molar-refractivity contribution in [1.29, 1.82) is 0 Å². The maximum atomic E-state index is 10.9. The first-order valence-corrected chi connectivity index (χ1v) is 5.70. The summed E-state index contributed by atoms with van der Waals surface area (Å²) in [6.45, 7) is 0. The summed E-state index contributed by atoms with van der Waals surface area (Å²) in [5.41, 5.74) is 5.42. The van der Waals surface area contributed by atoms with Crippen LogP contribution in [0.2, 0.25) is 10.0 Å². The third-order valence-corrected chi connectivity index (χ3v) is 2.87. The van der Waals surface area contributed by atoms with E-state index in [1.165, 1.54) is 12.3 Å². The summed E-state index contributed by atoms with van der Waals surface area (Å²) in [5, 5.41) is 0.837. The second-order valence-electron chi connectivity index (χ2n) is 3.43. The quantitative estimate of drug-likeness (QED) is 0.940. The normalized spacial score (nSPS) is 10.1. The summed E-state index contributed by atoms with van der Waals surface area (Å²) < 4.78 is 5.44. The molecule has 0 radical (unpaired) electrons. The Kier molecular flexibility index (Phi) is 3.69. The molecule has 1 heterocycles. The van der Waals surface area contributed by atoms with E-state index in [1.807, 2.05) is 0 Å². The molecule has 1 aromatic carbocycles. The van der Waals surface area contributed by atoms with E-state index in [0.29, 0.717) is 27.2 Å². The van der Waals surface area contributed by atoms with Crippen LogP contribution < -0.4 is 10.5 Å². The number of ether oxygens (including phenoxy) is 1. The number of hydrogen-bond donors (Lipinski definition) is 1. The van der Waals surface area contributed by atoms with Crippen LogP contribution in [0.25, 0.3) is 0 Å². The van der Waals surface area contributed by atoms with Crippen LogP contribution in [-0.2, 0) is 0 Å². The van der Waals surface area contributed by atoms with Crippen LogP contribution in [0.3, 0.4) is 0 Å². The van der Waals surface area contributed by atoms with Gasteiger partial charge in [0.25, 0.3) is 0 Å². The van der Waals surface area contributed by atoms with Crippen molar-refractivity contribution >= 4 is 29.1 Å². The Balaban J connectivity index is 2.18. The summed E-state index contributed by atoms with van der Waals surface area (Å²) in [6.07, 6.45) is 1.34. The number of rotatable bonds is 3. The summed E-state index contributed by atoms with van der Waals surface area (Å²) in [5.74, 6) is 0.297. The Morgan fingerprint density at radius 3 is 2.50 bits per heavy atom. The highest BCUT2D eigenvalue weighted by atomic mass is 35.5. The molecule has 0 saturated heterocycles. The topological polar surface area (TPSA) is 65.2 Å². The molecule has 0 aliphatic heterocycles. The molecule has 0 spiro atoms.